The minimum absolute atomic E-state index is 0.00764. The smallest absolute Gasteiger partial charge is 0.261 e. The molecule has 0 radical (unpaired) electrons. The van der Waals surface area contributed by atoms with Gasteiger partial charge in [-0.25, -0.2) is 0 Å². The van der Waals surface area contributed by atoms with Crippen LogP contribution in [0.3, 0.4) is 0 Å². The minimum Gasteiger partial charge on any atom is -0.504 e. The van der Waals surface area contributed by atoms with Gasteiger partial charge < -0.3 is 15.2 Å². The number of nitriles is 1. The molecule has 0 spiro atoms. The third kappa shape index (κ3) is 5.49. The monoisotopic (exact) mass is 462 g/mol. The summed E-state index contributed by atoms with van der Waals surface area (Å²) in [5.41, 5.74) is 1.83. The Hall–Kier alpha value is -2.53. The number of halogens is 1. The van der Waals surface area contributed by atoms with Crippen LogP contribution in [0.15, 0.2) is 48.0 Å². The fraction of sp³-hybridized carbons (Fsp3) is 0.200. The summed E-state index contributed by atoms with van der Waals surface area (Å²) in [6, 6.07) is 15.2. The molecule has 0 heterocycles. The molecule has 0 aliphatic heterocycles. The predicted molar refractivity (Wildman–Crippen MR) is 109 cm³/mol. The molecule has 0 bridgehead atoms. The number of hydrogen-bond acceptors (Lipinski definition) is 4. The topological polar surface area (TPSA) is 82.3 Å². The quantitative estimate of drug-likeness (QED) is 0.285. The van der Waals surface area contributed by atoms with Crippen LogP contribution in [0.2, 0.25) is 0 Å². The molecule has 0 fully saturated rings. The molecule has 0 aliphatic rings. The zero-order valence-corrected chi connectivity index (χ0v) is 16.5. The molecule has 134 valence electrons. The second-order valence-electron chi connectivity index (χ2n) is 5.57. The fourth-order valence-corrected chi connectivity index (χ4v) is 3.01. The molecule has 2 rings (SSSR count). The van der Waals surface area contributed by atoms with Crippen molar-refractivity contribution in [2.24, 2.45) is 0 Å². The lowest BCUT2D eigenvalue weighted by Gasteiger charge is -2.08. The largest absolute Gasteiger partial charge is 0.504 e. The number of aromatic hydroxyl groups is 1. The molecular formula is C20H19IN2O3. The third-order valence-corrected chi connectivity index (χ3v) is 4.54. The molecule has 2 N–H and O–H groups in total. The highest BCUT2D eigenvalue weighted by atomic mass is 127. The summed E-state index contributed by atoms with van der Waals surface area (Å²) in [5.74, 6) is -0.0829. The van der Waals surface area contributed by atoms with E-state index in [2.05, 4.69) is 5.32 Å². The second kappa shape index (κ2) is 9.82. The maximum absolute atomic E-state index is 12.2. The number of nitrogens with zero attached hydrogens (tertiary/aromatic N) is 1. The van der Waals surface area contributed by atoms with Gasteiger partial charge in [0.05, 0.1) is 10.7 Å². The van der Waals surface area contributed by atoms with Gasteiger partial charge in [-0.3, -0.25) is 4.79 Å². The zero-order valence-electron chi connectivity index (χ0n) is 14.3. The summed E-state index contributed by atoms with van der Waals surface area (Å²) in [6.07, 6.45) is 3.14. The molecule has 6 heteroatoms. The molecule has 5 nitrogen and oxygen atoms in total. The molecule has 0 saturated heterocycles. The first-order valence-corrected chi connectivity index (χ1v) is 9.13. The summed E-state index contributed by atoms with van der Waals surface area (Å²) in [5, 5.41) is 21.9. The van der Waals surface area contributed by atoms with Gasteiger partial charge in [0.2, 0.25) is 0 Å². The summed E-state index contributed by atoms with van der Waals surface area (Å²) >= 11 is 1.97. The molecule has 26 heavy (non-hydrogen) atoms. The zero-order chi connectivity index (χ0) is 18.9. The lowest BCUT2D eigenvalue weighted by atomic mass is 10.1. The van der Waals surface area contributed by atoms with Crippen molar-refractivity contribution < 1.29 is 14.6 Å². The van der Waals surface area contributed by atoms with Gasteiger partial charge >= 0.3 is 0 Å². The first-order chi connectivity index (χ1) is 12.5. The van der Waals surface area contributed by atoms with E-state index in [9.17, 15) is 15.2 Å². The molecule has 0 saturated carbocycles. The minimum atomic E-state index is -0.414. The van der Waals surface area contributed by atoms with Crippen LogP contribution in [0.4, 0.5) is 0 Å². The van der Waals surface area contributed by atoms with Crippen molar-refractivity contribution in [3.05, 3.63) is 62.7 Å². The van der Waals surface area contributed by atoms with Crippen molar-refractivity contribution in [3.8, 4) is 17.6 Å². The van der Waals surface area contributed by atoms with E-state index in [0.29, 0.717) is 21.4 Å². The van der Waals surface area contributed by atoms with Crippen LogP contribution in [-0.2, 0) is 11.2 Å². The fourth-order valence-electron chi connectivity index (χ4n) is 2.38. The lowest BCUT2D eigenvalue weighted by Crippen LogP contribution is -2.25. The normalized spacial score (nSPS) is 10.9. The Bertz CT molecular complexity index is 842. The maximum atomic E-state index is 12.2. The van der Waals surface area contributed by atoms with E-state index in [-0.39, 0.29) is 11.3 Å². The Balaban J connectivity index is 1.99. The standard InChI is InChI=1S/C20H19IN2O3/c1-26-18-12-15(11-17(21)19(18)24)10-16(13-22)20(25)23-9-5-8-14-6-3-2-4-7-14/h2-4,6-7,10-12,24H,5,8-9H2,1H3,(H,23,25)/b16-10-. The molecule has 0 unspecified atom stereocenters. The number of rotatable bonds is 7. The van der Waals surface area contributed by atoms with Crippen LogP contribution in [-0.4, -0.2) is 24.7 Å². The number of phenolic OH excluding ortho intramolecular Hbond substituents is 1. The Morgan fingerprint density at radius 2 is 2.08 bits per heavy atom. The van der Waals surface area contributed by atoms with Crippen molar-refractivity contribution in [3.63, 3.8) is 0 Å². The van der Waals surface area contributed by atoms with Crippen LogP contribution in [0.1, 0.15) is 17.5 Å². The number of phenols is 1. The van der Waals surface area contributed by atoms with E-state index >= 15 is 0 Å². The van der Waals surface area contributed by atoms with Crippen LogP contribution < -0.4 is 10.1 Å². The Kier molecular flexibility index (Phi) is 7.48. The highest BCUT2D eigenvalue weighted by Crippen LogP contribution is 2.33. The molecule has 1 amide bonds. The van der Waals surface area contributed by atoms with E-state index in [4.69, 9.17) is 4.74 Å². The van der Waals surface area contributed by atoms with Crippen molar-refractivity contribution in [2.75, 3.05) is 13.7 Å². The molecule has 0 atom stereocenters. The van der Waals surface area contributed by atoms with Crippen LogP contribution in [0.25, 0.3) is 6.08 Å². The van der Waals surface area contributed by atoms with Crippen molar-refractivity contribution in [1.82, 2.24) is 5.32 Å². The van der Waals surface area contributed by atoms with Gasteiger partial charge in [0.25, 0.3) is 5.91 Å². The summed E-state index contributed by atoms with van der Waals surface area (Å²) in [4.78, 5) is 12.2. The molecule has 2 aromatic rings. The highest BCUT2D eigenvalue weighted by molar-refractivity contribution is 14.1. The Morgan fingerprint density at radius 1 is 1.35 bits per heavy atom. The number of benzene rings is 2. The van der Waals surface area contributed by atoms with E-state index in [1.165, 1.54) is 18.7 Å². The number of aryl methyl sites for hydroxylation is 1. The SMILES string of the molecule is COc1cc(/C=C(/C#N)C(=O)NCCCc2ccccc2)cc(I)c1O. The summed E-state index contributed by atoms with van der Waals surface area (Å²) in [7, 11) is 1.45. The lowest BCUT2D eigenvalue weighted by molar-refractivity contribution is -0.117. The summed E-state index contributed by atoms with van der Waals surface area (Å²) < 4.78 is 5.67. The number of carbonyl (C=O) groups is 1. The van der Waals surface area contributed by atoms with Gasteiger partial charge in [0.1, 0.15) is 11.6 Å². The average molecular weight is 462 g/mol. The number of amides is 1. The number of nitrogens with one attached hydrogen (secondary N) is 1. The second-order valence-corrected chi connectivity index (χ2v) is 6.73. The van der Waals surface area contributed by atoms with Gasteiger partial charge in [0, 0.05) is 6.54 Å². The number of ether oxygens (including phenoxy) is 1. The maximum Gasteiger partial charge on any atom is 0.261 e. The highest BCUT2D eigenvalue weighted by Gasteiger charge is 2.11. The van der Waals surface area contributed by atoms with Crippen molar-refractivity contribution >= 4 is 34.6 Å². The van der Waals surface area contributed by atoms with E-state index in [1.807, 2.05) is 59.0 Å². The molecule has 2 aromatic carbocycles. The third-order valence-electron chi connectivity index (χ3n) is 3.72. The van der Waals surface area contributed by atoms with Crippen molar-refractivity contribution in [1.29, 1.82) is 5.26 Å². The number of methoxy groups -OCH3 is 1. The molecule has 0 aliphatic carbocycles. The Morgan fingerprint density at radius 3 is 2.73 bits per heavy atom. The van der Waals surface area contributed by atoms with Gasteiger partial charge in [0.15, 0.2) is 11.5 Å². The van der Waals surface area contributed by atoms with Gasteiger partial charge in [-0.15, -0.1) is 0 Å². The van der Waals surface area contributed by atoms with Crippen LogP contribution in [0.5, 0.6) is 11.5 Å². The first kappa shape index (κ1) is 19.8. The number of hydrogen-bond donors (Lipinski definition) is 2. The van der Waals surface area contributed by atoms with Gasteiger partial charge in [-0.1, -0.05) is 30.3 Å². The van der Waals surface area contributed by atoms with Crippen LogP contribution >= 0.6 is 22.6 Å². The Labute approximate surface area is 166 Å². The van der Waals surface area contributed by atoms with E-state index in [0.717, 1.165) is 12.8 Å². The number of carbonyl (C=O) groups excluding carboxylic acids is 1. The first-order valence-electron chi connectivity index (χ1n) is 8.05. The summed E-state index contributed by atoms with van der Waals surface area (Å²) in [6.45, 7) is 0.489. The van der Waals surface area contributed by atoms with Gasteiger partial charge in [-0.05, 0) is 64.8 Å². The van der Waals surface area contributed by atoms with E-state index in [1.54, 1.807) is 12.1 Å². The van der Waals surface area contributed by atoms with Crippen molar-refractivity contribution in [2.45, 2.75) is 12.8 Å². The van der Waals surface area contributed by atoms with Gasteiger partial charge in [-0.2, -0.15) is 5.26 Å². The van der Waals surface area contributed by atoms with Crippen LogP contribution in [0, 0.1) is 14.9 Å². The predicted octanol–water partition coefficient (Wildman–Crippen LogP) is 3.66. The van der Waals surface area contributed by atoms with E-state index < -0.39 is 5.91 Å². The average Bonchev–Trinajstić information content (AvgIpc) is 2.66. The molecular weight excluding hydrogens is 443 g/mol. The molecule has 0 aromatic heterocycles.